The molecule has 0 bridgehead atoms. The lowest BCUT2D eigenvalue weighted by atomic mass is 10.1. The van der Waals surface area contributed by atoms with Gasteiger partial charge in [0.2, 0.25) is 5.95 Å². The number of nitrogens with one attached hydrogen (secondary N) is 1. The number of hydrogen-bond donors (Lipinski definition) is 1. The Labute approximate surface area is 158 Å². The van der Waals surface area contributed by atoms with E-state index in [0.717, 1.165) is 42.4 Å². The van der Waals surface area contributed by atoms with Gasteiger partial charge in [-0.2, -0.15) is 0 Å². The number of benzene rings is 1. The van der Waals surface area contributed by atoms with Crippen molar-refractivity contribution in [3.63, 3.8) is 0 Å². The van der Waals surface area contributed by atoms with Gasteiger partial charge in [-0.15, -0.1) is 0 Å². The number of ether oxygens (including phenoxy) is 2. The molecule has 1 atom stereocenters. The van der Waals surface area contributed by atoms with E-state index in [1.54, 1.807) is 0 Å². The quantitative estimate of drug-likeness (QED) is 0.887. The van der Waals surface area contributed by atoms with Gasteiger partial charge < -0.3 is 19.7 Å². The molecule has 0 aliphatic carbocycles. The van der Waals surface area contributed by atoms with Gasteiger partial charge in [-0.25, -0.2) is 9.97 Å². The zero-order valence-corrected chi connectivity index (χ0v) is 15.5. The molecule has 1 aromatic heterocycles. The normalized spacial score (nSPS) is 19.9. The summed E-state index contributed by atoms with van der Waals surface area (Å²) in [5.74, 6) is 0.668. The van der Waals surface area contributed by atoms with Gasteiger partial charge >= 0.3 is 0 Å². The van der Waals surface area contributed by atoms with Crippen molar-refractivity contribution < 1.29 is 14.3 Å². The number of hydrogen-bond acceptors (Lipinski definition) is 6. The third-order valence-electron chi connectivity index (χ3n) is 4.84. The van der Waals surface area contributed by atoms with E-state index in [4.69, 9.17) is 14.5 Å². The molecule has 0 radical (unpaired) electrons. The largest absolute Gasteiger partial charge is 0.379 e. The average Bonchev–Trinajstić information content (AvgIpc) is 3.21. The summed E-state index contributed by atoms with van der Waals surface area (Å²) in [6.07, 6.45) is 0.869. The van der Waals surface area contributed by atoms with Gasteiger partial charge in [0.05, 0.1) is 31.6 Å². The molecule has 1 aromatic carbocycles. The Bertz CT molecular complexity index is 797. The minimum Gasteiger partial charge on any atom is -0.379 e. The van der Waals surface area contributed by atoms with Crippen LogP contribution in [-0.2, 0) is 9.47 Å². The van der Waals surface area contributed by atoms with Gasteiger partial charge in [-0.1, -0.05) is 12.1 Å². The molecule has 0 unspecified atom stereocenters. The Morgan fingerprint density at radius 2 is 1.89 bits per heavy atom. The minimum absolute atomic E-state index is 0.0649. The highest BCUT2D eigenvalue weighted by Crippen LogP contribution is 2.22. The van der Waals surface area contributed by atoms with Crippen molar-refractivity contribution in [1.29, 1.82) is 0 Å². The Morgan fingerprint density at radius 1 is 1.11 bits per heavy atom. The third-order valence-corrected chi connectivity index (χ3v) is 4.84. The van der Waals surface area contributed by atoms with Gasteiger partial charge in [0, 0.05) is 36.5 Å². The number of rotatable bonds is 4. The fourth-order valence-corrected chi connectivity index (χ4v) is 3.31. The van der Waals surface area contributed by atoms with E-state index < -0.39 is 0 Å². The van der Waals surface area contributed by atoms with Crippen molar-refractivity contribution in [3.8, 4) is 11.3 Å². The van der Waals surface area contributed by atoms with Crippen LogP contribution in [-0.4, -0.2) is 61.4 Å². The lowest BCUT2D eigenvalue weighted by molar-refractivity contribution is 0.0930. The molecule has 2 aliphatic rings. The van der Waals surface area contributed by atoms with E-state index in [9.17, 15) is 4.79 Å². The number of aromatic nitrogens is 2. The van der Waals surface area contributed by atoms with E-state index >= 15 is 0 Å². The molecule has 2 aliphatic heterocycles. The van der Waals surface area contributed by atoms with E-state index in [-0.39, 0.29) is 11.9 Å². The first-order chi connectivity index (χ1) is 13.2. The van der Waals surface area contributed by atoms with E-state index in [2.05, 4.69) is 15.2 Å². The van der Waals surface area contributed by atoms with Crippen LogP contribution in [0.2, 0.25) is 0 Å². The fourth-order valence-electron chi connectivity index (χ4n) is 3.31. The van der Waals surface area contributed by atoms with Crippen LogP contribution in [0.4, 0.5) is 5.95 Å². The Morgan fingerprint density at radius 3 is 2.59 bits per heavy atom. The number of amides is 1. The van der Waals surface area contributed by atoms with Crippen LogP contribution in [0.5, 0.6) is 0 Å². The molecule has 7 heteroatoms. The van der Waals surface area contributed by atoms with E-state index in [1.807, 2.05) is 37.3 Å². The van der Waals surface area contributed by atoms with Crippen molar-refractivity contribution >= 4 is 11.9 Å². The van der Waals surface area contributed by atoms with Crippen LogP contribution in [0.15, 0.2) is 30.3 Å². The van der Waals surface area contributed by atoms with Crippen molar-refractivity contribution in [2.45, 2.75) is 19.4 Å². The fraction of sp³-hybridized carbons (Fsp3) is 0.450. The van der Waals surface area contributed by atoms with Crippen molar-refractivity contribution in [2.24, 2.45) is 0 Å². The lowest BCUT2D eigenvalue weighted by Gasteiger charge is -2.27. The van der Waals surface area contributed by atoms with Crippen molar-refractivity contribution in [3.05, 3.63) is 41.6 Å². The van der Waals surface area contributed by atoms with Crippen molar-refractivity contribution in [1.82, 2.24) is 15.3 Å². The third kappa shape index (κ3) is 4.26. The molecule has 142 valence electrons. The lowest BCUT2D eigenvalue weighted by Crippen LogP contribution is -2.37. The van der Waals surface area contributed by atoms with E-state index in [1.165, 1.54) is 0 Å². The van der Waals surface area contributed by atoms with Crippen LogP contribution < -0.4 is 10.2 Å². The maximum atomic E-state index is 12.4. The predicted molar refractivity (Wildman–Crippen MR) is 102 cm³/mol. The molecule has 4 rings (SSSR count). The number of morpholine rings is 1. The van der Waals surface area contributed by atoms with Gasteiger partial charge in [-0.3, -0.25) is 4.79 Å². The van der Waals surface area contributed by atoms with Gasteiger partial charge in [-0.05, 0) is 31.5 Å². The summed E-state index contributed by atoms with van der Waals surface area (Å²) in [5.41, 5.74) is 3.39. The highest BCUT2D eigenvalue weighted by molar-refractivity contribution is 5.94. The summed E-state index contributed by atoms with van der Waals surface area (Å²) < 4.78 is 10.7. The average molecular weight is 368 g/mol. The molecule has 1 amide bonds. The monoisotopic (exact) mass is 368 g/mol. The summed E-state index contributed by atoms with van der Waals surface area (Å²) in [4.78, 5) is 23.8. The molecule has 2 fully saturated rings. The van der Waals surface area contributed by atoms with Crippen LogP contribution in [0.25, 0.3) is 11.3 Å². The second kappa shape index (κ2) is 8.02. The molecule has 0 spiro atoms. The molecular formula is C20H24N4O3. The summed E-state index contributed by atoms with van der Waals surface area (Å²) >= 11 is 0. The highest BCUT2D eigenvalue weighted by Gasteiger charge is 2.19. The van der Waals surface area contributed by atoms with Crippen LogP contribution in [0.3, 0.4) is 0 Å². The Balaban J connectivity index is 1.51. The smallest absolute Gasteiger partial charge is 0.251 e. The molecule has 3 heterocycles. The zero-order chi connectivity index (χ0) is 18.6. The molecule has 0 saturated carbocycles. The topological polar surface area (TPSA) is 76.6 Å². The number of carbonyl (C=O) groups is 1. The number of nitrogens with zero attached hydrogens (tertiary/aromatic N) is 3. The van der Waals surface area contributed by atoms with E-state index in [0.29, 0.717) is 32.0 Å². The summed E-state index contributed by atoms with van der Waals surface area (Å²) in [6, 6.07) is 9.63. The first kappa shape index (κ1) is 17.9. The first-order valence-corrected chi connectivity index (χ1v) is 9.36. The maximum absolute atomic E-state index is 12.4. The number of anilines is 1. The zero-order valence-electron chi connectivity index (χ0n) is 15.5. The van der Waals surface area contributed by atoms with Gasteiger partial charge in [0.25, 0.3) is 5.91 Å². The van der Waals surface area contributed by atoms with Crippen LogP contribution in [0, 0.1) is 6.92 Å². The summed E-state index contributed by atoms with van der Waals surface area (Å²) in [5, 5.41) is 3.01. The predicted octanol–water partition coefficient (Wildman–Crippen LogP) is 1.81. The second-order valence-electron chi connectivity index (χ2n) is 6.91. The Kier molecular flexibility index (Phi) is 5.31. The number of carbonyl (C=O) groups excluding carboxylic acids is 1. The van der Waals surface area contributed by atoms with Crippen LogP contribution in [0.1, 0.15) is 22.5 Å². The number of aryl methyl sites for hydroxylation is 1. The standard InChI is InChI=1S/C20H24N4O3/c1-14-12-18(23-20(21-14)24-7-10-26-11-8-24)15-2-4-16(5-3-15)19(25)22-17-6-9-27-13-17/h2-5,12,17H,6-11,13H2,1H3,(H,22,25)/t17-/m0/s1. The van der Waals surface area contributed by atoms with Gasteiger partial charge in [0.1, 0.15) is 0 Å². The maximum Gasteiger partial charge on any atom is 0.251 e. The second-order valence-corrected chi connectivity index (χ2v) is 6.91. The molecule has 27 heavy (non-hydrogen) atoms. The molecule has 2 aromatic rings. The first-order valence-electron chi connectivity index (χ1n) is 9.36. The van der Waals surface area contributed by atoms with Crippen LogP contribution >= 0.6 is 0 Å². The molecule has 2 saturated heterocycles. The SMILES string of the molecule is Cc1cc(-c2ccc(C(=O)N[C@H]3CCOC3)cc2)nc(N2CCOCC2)n1. The minimum atomic E-state index is -0.0649. The molecule has 1 N–H and O–H groups in total. The highest BCUT2D eigenvalue weighted by atomic mass is 16.5. The van der Waals surface area contributed by atoms with Gasteiger partial charge in [0.15, 0.2) is 0 Å². The summed E-state index contributed by atoms with van der Waals surface area (Å²) in [7, 11) is 0. The van der Waals surface area contributed by atoms with Crippen molar-refractivity contribution in [2.75, 3.05) is 44.4 Å². The molecular weight excluding hydrogens is 344 g/mol. The molecule has 7 nitrogen and oxygen atoms in total. The Hall–Kier alpha value is -2.51. The summed E-state index contributed by atoms with van der Waals surface area (Å²) in [6.45, 7) is 6.27.